The van der Waals surface area contributed by atoms with E-state index in [9.17, 15) is 0 Å². The lowest BCUT2D eigenvalue weighted by Crippen LogP contribution is -2.46. The molecule has 1 atom stereocenters. The average Bonchev–Trinajstić information content (AvgIpc) is 2.03. The van der Waals surface area contributed by atoms with Gasteiger partial charge in [-0.2, -0.15) is 0 Å². The standard InChI is InChI=1S/C9H19N3/c1-8(10)12(3)9-5-4-6-11(2)7-9/h9-10H,4-7H2,1-3H3. The van der Waals surface area contributed by atoms with Gasteiger partial charge in [-0.05, 0) is 33.4 Å². The van der Waals surface area contributed by atoms with E-state index >= 15 is 0 Å². The van der Waals surface area contributed by atoms with E-state index in [1.165, 1.54) is 19.4 Å². The molecule has 1 heterocycles. The summed E-state index contributed by atoms with van der Waals surface area (Å²) in [5, 5.41) is 7.51. The molecule has 1 fully saturated rings. The van der Waals surface area contributed by atoms with Crippen LogP contribution in [0.4, 0.5) is 0 Å². The molecule has 1 aliphatic heterocycles. The number of likely N-dealkylation sites (N-methyl/N-ethyl adjacent to an activating group) is 2. The van der Waals surface area contributed by atoms with E-state index in [-0.39, 0.29) is 0 Å². The minimum absolute atomic E-state index is 0.557. The molecule has 1 unspecified atom stereocenters. The topological polar surface area (TPSA) is 30.3 Å². The molecule has 1 saturated heterocycles. The van der Waals surface area contributed by atoms with Crippen molar-refractivity contribution in [3.05, 3.63) is 0 Å². The normalized spacial score (nSPS) is 25.4. The van der Waals surface area contributed by atoms with E-state index in [2.05, 4.69) is 16.8 Å². The monoisotopic (exact) mass is 169 g/mol. The highest BCUT2D eigenvalue weighted by Gasteiger charge is 2.20. The molecular weight excluding hydrogens is 150 g/mol. The summed E-state index contributed by atoms with van der Waals surface area (Å²) >= 11 is 0. The molecule has 70 valence electrons. The fourth-order valence-corrected chi connectivity index (χ4v) is 1.73. The van der Waals surface area contributed by atoms with Gasteiger partial charge >= 0.3 is 0 Å². The third kappa shape index (κ3) is 2.21. The Morgan fingerprint density at radius 3 is 2.75 bits per heavy atom. The predicted octanol–water partition coefficient (Wildman–Crippen LogP) is 1.01. The molecule has 0 radical (unpaired) electrons. The van der Waals surface area contributed by atoms with Crippen LogP contribution in [-0.4, -0.2) is 48.9 Å². The molecule has 0 aromatic rings. The maximum Gasteiger partial charge on any atom is 0.0926 e. The highest BCUT2D eigenvalue weighted by Crippen LogP contribution is 2.13. The molecular formula is C9H19N3. The maximum absolute atomic E-state index is 7.51. The molecule has 0 amide bonds. The zero-order valence-electron chi connectivity index (χ0n) is 8.30. The Morgan fingerprint density at radius 1 is 1.58 bits per heavy atom. The van der Waals surface area contributed by atoms with Crippen molar-refractivity contribution in [2.24, 2.45) is 0 Å². The SMILES string of the molecule is CC(=N)N(C)C1CCCN(C)C1. The number of hydrogen-bond donors (Lipinski definition) is 1. The van der Waals surface area contributed by atoms with E-state index < -0.39 is 0 Å². The van der Waals surface area contributed by atoms with Gasteiger partial charge in [-0.1, -0.05) is 0 Å². The first-order valence-corrected chi connectivity index (χ1v) is 4.58. The van der Waals surface area contributed by atoms with E-state index in [1.54, 1.807) is 0 Å². The first kappa shape index (κ1) is 9.52. The smallest absolute Gasteiger partial charge is 0.0926 e. The summed E-state index contributed by atoms with van der Waals surface area (Å²) in [4.78, 5) is 4.42. The van der Waals surface area contributed by atoms with Crippen LogP contribution in [-0.2, 0) is 0 Å². The number of hydrogen-bond acceptors (Lipinski definition) is 2. The largest absolute Gasteiger partial charge is 0.360 e. The summed E-state index contributed by atoms with van der Waals surface area (Å²) in [7, 11) is 4.17. The third-order valence-corrected chi connectivity index (χ3v) is 2.68. The van der Waals surface area contributed by atoms with E-state index in [0.717, 1.165) is 6.54 Å². The molecule has 1 N–H and O–H groups in total. The van der Waals surface area contributed by atoms with Crippen LogP contribution < -0.4 is 0 Å². The van der Waals surface area contributed by atoms with Gasteiger partial charge < -0.3 is 9.80 Å². The van der Waals surface area contributed by atoms with Crippen LogP contribution in [0.3, 0.4) is 0 Å². The molecule has 0 saturated carbocycles. The van der Waals surface area contributed by atoms with Crippen LogP contribution in [0.15, 0.2) is 0 Å². The fourth-order valence-electron chi connectivity index (χ4n) is 1.73. The van der Waals surface area contributed by atoms with Crippen molar-refractivity contribution in [3.8, 4) is 0 Å². The van der Waals surface area contributed by atoms with Crippen LogP contribution in [0.2, 0.25) is 0 Å². The molecule has 1 rings (SSSR count). The number of piperidine rings is 1. The molecule has 0 bridgehead atoms. The van der Waals surface area contributed by atoms with Gasteiger partial charge in [-0.15, -0.1) is 0 Å². The lowest BCUT2D eigenvalue weighted by atomic mass is 10.1. The maximum atomic E-state index is 7.51. The van der Waals surface area contributed by atoms with Gasteiger partial charge in [0.2, 0.25) is 0 Å². The number of amidine groups is 1. The van der Waals surface area contributed by atoms with Crippen LogP contribution in [0.25, 0.3) is 0 Å². The summed E-state index contributed by atoms with van der Waals surface area (Å²) in [5.74, 6) is 0.676. The van der Waals surface area contributed by atoms with Gasteiger partial charge in [0.25, 0.3) is 0 Å². The Labute approximate surface area is 74.9 Å². The van der Waals surface area contributed by atoms with Crippen LogP contribution >= 0.6 is 0 Å². The summed E-state index contributed by atoms with van der Waals surface area (Å²) in [5.41, 5.74) is 0. The van der Waals surface area contributed by atoms with Crippen molar-refractivity contribution in [1.82, 2.24) is 9.80 Å². The third-order valence-electron chi connectivity index (χ3n) is 2.68. The first-order valence-electron chi connectivity index (χ1n) is 4.58. The summed E-state index contributed by atoms with van der Waals surface area (Å²) in [6.07, 6.45) is 2.50. The average molecular weight is 169 g/mol. The van der Waals surface area contributed by atoms with E-state index in [4.69, 9.17) is 5.41 Å². The second kappa shape index (κ2) is 3.90. The second-order valence-corrected chi connectivity index (χ2v) is 3.75. The zero-order chi connectivity index (χ0) is 9.14. The Balaban J connectivity index is 2.45. The molecule has 3 heteroatoms. The lowest BCUT2D eigenvalue weighted by molar-refractivity contribution is 0.181. The van der Waals surface area contributed by atoms with E-state index in [0.29, 0.717) is 11.9 Å². The Hall–Kier alpha value is -0.570. The molecule has 12 heavy (non-hydrogen) atoms. The van der Waals surface area contributed by atoms with Crippen LogP contribution in [0, 0.1) is 5.41 Å². The molecule has 0 aromatic carbocycles. The predicted molar refractivity (Wildman–Crippen MR) is 51.7 cm³/mol. The van der Waals surface area contributed by atoms with Gasteiger partial charge in [0.15, 0.2) is 0 Å². The van der Waals surface area contributed by atoms with Crippen molar-refractivity contribution in [2.45, 2.75) is 25.8 Å². The summed E-state index contributed by atoms with van der Waals surface area (Å²) < 4.78 is 0. The quantitative estimate of drug-likeness (QED) is 0.469. The Bertz CT molecular complexity index is 167. The van der Waals surface area contributed by atoms with E-state index in [1.807, 2.05) is 14.0 Å². The van der Waals surface area contributed by atoms with Gasteiger partial charge in [-0.3, -0.25) is 5.41 Å². The molecule has 1 aliphatic rings. The molecule has 0 aromatic heterocycles. The number of nitrogens with one attached hydrogen (secondary N) is 1. The molecule has 0 spiro atoms. The number of likely N-dealkylation sites (tertiary alicyclic amines) is 1. The molecule has 0 aliphatic carbocycles. The minimum atomic E-state index is 0.557. The van der Waals surface area contributed by atoms with Crippen LogP contribution in [0.5, 0.6) is 0 Å². The van der Waals surface area contributed by atoms with Gasteiger partial charge in [-0.25, -0.2) is 0 Å². The zero-order valence-corrected chi connectivity index (χ0v) is 8.30. The van der Waals surface area contributed by atoms with Crippen molar-refractivity contribution < 1.29 is 0 Å². The Kier molecular flexibility index (Phi) is 3.09. The lowest BCUT2D eigenvalue weighted by Gasteiger charge is -2.36. The first-order chi connectivity index (χ1) is 5.61. The Morgan fingerprint density at radius 2 is 2.25 bits per heavy atom. The van der Waals surface area contributed by atoms with Gasteiger partial charge in [0, 0.05) is 19.6 Å². The number of nitrogens with zero attached hydrogens (tertiary/aromatic N) is 2. The molecule has 3 nitrogen and oxygen atoms in total. The minimum Gasteiger partial charge on any atom is -0.360 e. The second-order valence-electron chi connectivity index (χ2n) is 3.75. The summed E-state index contributed by atoms with van der Waals surface area (Å²) in [6, 6.07) is 0.557. The highest BCUT2D eigenvalue weighted by molar-refractivity contribution is 5.76. The fraction of sp³-hybridized carbons (Fsp3) is 0.889. The van der Waals surface area contributed by atoms with Gasteiger partial charge in [0.05, 0.1) is 5.84 Å². The highest BCUT2D eigenvalue weighted by atomic mass is 15.2. The summed E-state index contributed by atoms with van der Waals surface area (Å²) in [6.45, 7) is 4.17. The number of rotatable bonds is 1. The van der Waals surface area contributed by atoms with Crippen molar-refractivity contribution in [2.75, 3.05) is 27.2 Å². The van der Waals surface area contributed by atoms with Crippen molar-refractivity contribution >= 4 is 5.84 Å². The van der Waals surface area contributed by atoms with Gasteiger partial charge in [0.1, 0.15) is 0 Å². The van der Waals surface area contributed by atoms with Crippen LogP contribution in [0.1, 0.15) is 19.8 Å². The van der Waals surface area contributed by atoms with Crippen molar-refractivity contribution in [1.29, 1.82) is 5.41 Å². The van der Waals surface area contributed by atoms with Crippen molar-refractivity contribution in [3.63, 3.8) is 0 Å².